The first-order valence-corrected chi connectivity index (χ1v) is 7.73. The Morgan fingerprint density at radius 1 is 1.33 bits per heavy atom. The molecule has 1 rings (SSSR count). The van der Waals surface area contributed by atoms with E-state index < -0.39 is 5.97 Å². The lowest BCUT2D eigenvalue weighted by Crippen LogP contribution is -2.27. The molecular formula is C15H28N4O2. The molecule has 1 aromatic rings. The summed E-state index contributed by atoms with van der Waals surface area (Å²) in [7, 11) is 0. The van der Waals surface area contributed by atoms with Gasteiger partial charge in [-0.25, -0.2) is 9.67 Å². The molecule has 2 unspecified atom stereocenters. The Kier molecular flexibility index (Phi) is 7.36. The second kappa shape index (κ2) is 8.77. The van der Waals surface area contributed by atoms with Crippen molar-refractivity contribution in [3.8, 4) is 0 Å². The van der Waals surface area contributed by atoms with Crippen molar-refractivity contribution in [1.82, 2.24) is 20.1 Å². The van der Waals surface area contributed by atoms with E-state index >= 15 is 0 Å². The minimum Gasteiger partial charge on any atom is -0.481 e. The third kappa shape index (κ3) is 6.71. The molecule has 0 amide bonds. The standard InChI is InChI=1S/C15H28N4O2/c1-11(2)9-19-14(17-10-18-19)8-16-13(4)7-5-6-12(3)15(20)21/h10-13,16H,5-9H2,1-4H3,(H,20,21). The van der Waals surface area contributed by atoms with Crippen LogP contribution in [-0.4, -0.2) is 31.9 Å². The average molecular weight is 296 g/mol. The van der Waals surface area contributed by atoms with Gasteiger partial charge in [-0.15, -0.1) is 0 Å². The van der Waals surface area contributed by atoms with E-state index in [1.165, 1.54) is 0 Å². The highest BCUT2D eigenvalue weighted by Gasteiger charge is 2.12. The molecule has 0 aromatic carbocycles. The van der Waals surface area contributed by atoms with Crippen LogP contribution >= 0.6 is 0 Å². The zero-order valence-electron chi connectivity index (χ0n) is 13.5. The van der Waals surface area contributed by atoms with Gasteiger partial charge < -0.3 is 10.4 Å². The molecule has 6 heteroatoms. The average Bonchev–Trinajstić information content (AvgIpc) is 2.82. The van der Waals surface area contributed by atoms with E-state index in [9.17, 15) is 4.79 Å². The maximum atomic E-state index is 10.7. The van der Waals surface area contributed by atoms with Crippen molar-refractivity contribution < 1.29 is 9.90 Å². The maximum absolute atomic E-state index is 10.7. The van der Waals surface area contributed by atoms with Gasteiger partial charge in [0.2, 0.25) is 0 Å². The monoisotopic (exact) mass is 296 g/mol. The number of carbonyl (C=O) groups is 1. The number of rotatable bonds is 10. The SMILES string of the molecule is CC(C)Cn1ncnc1CNC(C)CCCC(C)C(=O)O. The molecule has 1 aromatic heterocycles. The van der Waals surface area contributed by atoms with E-state index in [0.717, 1.165) is 31.6 Å². The third-order valence-electron chi connectivity index (χ3n) is 3.54. The summed E-state index contributed by atoms with van der Waals surface area (Å²) >= 11 is 0. The molecule has 0 aliphatic heterocycles. The largest absolute Gasteiger partial charge is 0.481 e. The topological polar surface area (TPSA) is 80.0 Å². The summed E-state index contributed by atoms with van der Waals surface area (Å²) in [6, 6.07) is 0.343. The number of hydrogen-bond donors (Lipinski definition) is 2. The highest BCUT2D eigenvalue weighted by molar-refractivity contribution is 5.69. The van der Waals surface area contributed by atoms with Gasteiger partial charge in [-0.05, 0) is 25.7 Å². The third-order valence-corrected chi connectivity index (χ3v) is 3.54. The predicted molar refractivity (Wildman–Crippen MR) is 81.8 cm³/mol. The van der Waals surface area contributed by atoms with Crippen LogP contribution in [0.15, 0.2) is 6.33 Å². The fraction of sp³-hybridized carbons (Fsp3) is 0.800. The van der Waals surface area contributed by atoms with Gasteiger partial charge in [-0.2, -0.15) is 5.10 Å². The molecule has 0 bridgehead atoms. The number of nitrogens with one attached hydrogen (secondary N) is 1. The zero-order chi connectivity index (χ0) is 15.8. The molecule has 0 fully saturated rings. The van der Waals surface area contributed by atoms with Gasteiger partial charge in [-0.3, -0.25) is 4.79 Å². The van der Waals surface area contributed by atoms with Crippen molar-refractivity contribution in [2.24, 2.45) is 11.8 Å². The zero-order valence-corrected chi connectivity index (χ0v) is 13.5. The van der Waals surface area contributed by atoms with E-state index in [1.54, 1.807) is 13.3 Å². The van der Waals surface area contributed by atoms with E-state index in [2.05, 4.69) is 36.2 Å². The molecule has 0 radical (unpaired) electrons. The van der Waals surface area contributed by atoms with Gasteiger partial charge in [0.1, 0.15) is 12.2 Å². The quantitative estimate of drug-likeness (QED) is 0.692. The van der Waals surface area contributed by atoms with Crippen LogP contribution in [0.2, 0.25) is 0 Å². The summed E-state index contributed by atoms with van der Waals surface area (Å²) in [4.78, 5) is 15.0. The summed E-state index contributed by atoms with van der Waals surface area (Å²) < 4.78 is 1.94. The van der Waals surface area contributed by atoms with E-state index in [1.807, 2.05) is 4.68 Å². The minimum atomic E-state index is -0.711. The highest BCUT2D eigenvalue weighted by Crippen LogP contribution is 2.10. The Morgan fingerprint density at radius 2 is 2.05 bits per heavy atom. The number of aromatic nitrogens is 3. The molecule has 6 nitrogen and oxygen atoms in total. The molecule has 1 heterocycles. The smallest absolute Gasteiger partial charge is 0.306 e. The van der Waals surface area contributed by atoms with E-state index in [4.69, 9.17) is 5.11 Å². The van der Waals surface area contributed by atoms with Crippen LogP contribution in [0.1, 0.15) is 52.8 Å². The van der Waals surface area contributed by atoms with Crippen molar-refractivity contribution in [2.75, 3.05) is 0 Å². The number of hydrogen-bond acceptors (Lipinski definition) is 4. The summed E-state index contributed by atoms with van der Waals surface area (Å²) in [5.74, 6) is 0.526. The van der Waals surface area contributed by atoms with Gasteiger partial charge in [0.05, 0.1) is 12.5 Å². The van der Waals surface area contributed by atoms with Crippen molar-refractivity contribution >= 4 is 5.97 Å². The summed E-state index contributed by atoms with van der Waals surface area (Å²) in [5, 5.41) is 16.5. The second-order valence-corrected chi connectivity index (χ2v) is 6.20. The van der Waals surface area contributed by atoms with Gasteiger partial charge in [0.15, 0.2) is 0 Å². The molecule has 2 N–H and O–H groups in total. The lowest BCUT2D eigenvalue weighted by atomic mass is 10.0. The fourth-order valence-electron chi connectivity index (χ4n) is 2.14. The summed E-state index contributed by atoms with van der Waals surface area (Å²) in [5.41, 5.74) is 0. The van der Waals surface area contributed by atoms with Crippen molar-refractivity contribution in [2.45, 2.75) is 66.1 Å². The molecule has 2 atom stereocenters. The van der Waals surface area contributed by atoms with Crippen LogP contribution in [0.5, 0.6) is 0 Å². The van der Waals surface area contributed by atoms with E-state index in [0.29, 0.717) is 18.5 Å². The predicted octanol–water partition coefficient (Wildman–Crippen LogP) is 2.30. The number of aliphatic carboxylic acids is 1. The molecule has 21 heavy (non-hydrogen) atoms. The number of nitrogens with zero attached hydrogens (tertiary/aromatic N) is 3. The minimum absolute atomic E-state index is 0.258. The summed E-state index contributed by atoms with van der Waals surface area (Å²) in [6.45, 7) is 9.77. The Labute approximate surface area is 127 Å². The van der Waals surface area contributed by atoms with Crippen LogP contribution < -0.4 is 5.32 Å². The first-order chi connectivity index (χ1) is 9.90. The van der Waals surface area contributed by atoms with Crippen molar-refractivity contribution in [3.63, 3.8) is 0 Å². The second-order valence-electron chi connectivity index (χ2n) is 6.20. The highest BCUT2D eigenvalue weighted by atomic mass is 16.4. The molecule has 0 spiro atoms. The first-order valence-electron chi connectivity index (χ1n) is 7.73. The Bertz CT molecular complexity index is 431. The Balaban J connectivity index is 2.28. The lowest BCUT2D eigenvalue weighted by molar-refractivity contribution is -0.141. The molecule has 0 aliphatic carbocycles. The lowest BCUT2D eigenvalue weighted by Gasteiger charge is -2.15. The van der Waals surface area contributed by atoms with Gasteiger partial charge in [0.25, 0.3) is 0 Å². The van der Waals surface area contributed by atoms with Gasteiger partial charge in [0, 0.05) is 12.6 Å². The number of carboxylic acid groups (broad SMARTS) is 1. The van der Waals surface area contributed by atoms with Crippen LogP contribution in [0.25, 0.3) is 0 Å². The summed E-state index contributed by atoms with van der Waals surface area (Å²) in [6.07, 6.45) is 4.21. The number of carboxylic acids is 1. The normalized spacial score (nSPS) is 14.3. The van der Waals surface area contributed by atoms with Crippen molar-refractivity contribution in [1.29, 1.82) is 0 Å². The van der Waals surface area contributed by atoms with Crippen LogP contribution in [-0.2, 0) is 17.9 Å². The van der Waals surface area contributed by atoms with Crippen LogP contribution in [0, 0.1) is 11.8 Å². The van der Waals surface area contributed by atoms with Crippen LogP contribution in [0.3, 0.4) is 0 Å². The van der Waals surface area contributed by atoms with Gasteiger partial charge in [-0.1, -0.05) is 27.2 Å². The maximum Gasteiger partial charge on any atom is 0.306 e. The van der Waals surface area contributed by atoms with Gasteiger partial charge >= 0.3 is 5.97 Å². The molecule has 0 saturated heterocycles. The Hall–Kier alpha value is -1.43. The molecule has 0 aliphatic rings. The molecule has 120 valence electrons. The molecular weight excluding hydrogens is 268 g/mol. The Morgan fingerprint density at radius 3 is 2.67 bits per heavy atom. The van der Waals surface area contributed by atoms with E-state index in [-0.39, 0.29) is 5.92 Å². The molecule has 0 saturated carbocycles. The fourth-order valence-corrected chi connectivity index (χ4v) is 2.14. The first kappa shape index (κ1) is 17.6. The van der Waals surface area contributed by atoms with Crippen molar-refractivity contribution in [3.05, 3.63) is 12.2 Å². The van der Waals surface area contributed by atoms with Crippen LogP contribution in [0.4, 0.5) is 0 Å².